The lowest BCUT2D eigenvalue weighted by atomic mass is 9.91. The lowest BCUT2D eigenvalue weighted by Gasteiger charge is -2.37. The number of methoxy groups -OCH3 is 1. The first-order valence-electron chi connectivity index (χ1n) is 7.40. The van der Waals surface area contributed by atoms with E-state index in [0.29, 0.717) is 0 Å². The minimum atomic E-state index is 0.727. The Kier molecular flexibility index (Phi) is 6.48. The molecule has 0 spiro atoms. The highest BCUT2D eigenvalue weighted by Gasteiger charge is 2.24. The molecule has 0 bridgehead atoms. The van der Waals surface area contributed by atoms with Crippen LogP contribution < -0.4 is 9.47 Å². The van der Waals surface area contributed by atoms with E-state index in [-0.39, 0.29) is 0 Å². The Hall–Kier alpha value is -0.930. The minimum absolute atomic E-state index is 0.727. The van der Waals surface area contributed by atoms with Crippen molar-refractivity contribution >= 4 is 11.6 Å². The zero-order valence-electron chi connectivity index (χ0n) is 12.2. The molecule has 1 fully saturated rings. The van der Waals surface area contributed by atoms with Crippen molar-refractivity contribution in [1.29, 1.82) is 0 Å². The standard InChI is InChI=1S/C16H24ClNO2/c1-19-15-6-8-16(9-7-15)20-13-12-18(11-3-10-17)14-4-2-5-14/h6-9,14H,2-5,10-13H2,1H3. The van der Waals surface area contributed by atoms with E-state index in [9.17, 15) is 0 Å². The fourth-order valence-electron chi connectivity index (χ4n) is 2.44. The summed E-state index contributed by atoms with van der Waals surface area (Å²) in [5.74, 6) is 2.50. The first-order chi connectivity index (χ1) is 9.83. The topological polar surface area (TPSA) is 21.7 Å². The molecule has 0 atom stereocenters. The molecule has 3 nitrogen and oxygen atoms in total. The van der Waals surface area contributed by atoms with Crippen LogP contribution in [0.2, 0.25) is 0 Å². The second kappa shape index (κ2) is 8.38. The van der Waals surface area contributed by atoms with Crippen LogP contribution in [0.25, 0.3) is 0 Å². The summed E-state index contributed by atoms with van der Waals surface area (Å²) in [6.07, 6.45) is 5.07. The number of hydrogen-bond acceptors (Lipinski definition) is 3. The van der Waals surface area contributed by atoms with Crippen LogP contribution in [0.15, 0.2) is 24.3 Å². The van der Waals surface area contributed by atoms with Crippen molar-refractivity contribution < 1.29 is 9.47 Å². The normalized spacial score (nSPS) is 15.2. The van der Waals surface area contributed by atoms with Crippen LogP contribution in [0.5, 0.6) is 11.5 Å². The summed E-state index contributed by atoms with van der Waals surface area (Å²) < 4.78 is 10.9. The number of ether oxygens (including phenoxy) is 2. The highest BCUT2D eigenvalue weighted by molar-refractivity contribution is 6.17. The predicted molar refractivity (Wildman–Crippen MR) is 83.0 cm³/mol. The number of alkyl halides is 1. The molecule has 0 unspecified atom stereocenters. The maximum atomic E-state index is 5.80. The van der Waals surface area contributed by atoms with Crippen LogP contribution in [0.4, 0.5) is 0 Å². The Morgan fingerprint density at radius 3 is 2.40 bits per heavy atom. The highest BCUT2D eigenvalue weighted by atomic mass is 35.5. The number of hydrogen-bond donors (Lipinski definition) is 0. The predicted octanol–water partition coefficient (Wildman–Crippen LogP) is 3.56. The van der Waals surface area contributed by atoms with Crippen LogP contribution in [-0.4, -0.2) is 43.6 Å². The highest BCUT2D eigenvalue weighted by Crippen LogP contribution is 2.25. The Labute approximate surface area is 126 Å². The molecule has 1 aromatic rings. The van der Waals surface area contributed by atoms with Crippen molar-refractivity contribution in [2.75, 3.05) is 32.7 Å². The molecule has 0 heterocycles. The van der Waals surface area contributed by atoms with E-state index in [4.69, 9.17) is 21.1 Å². The molecule has 1 aliphatic rings. The van der Waals surface area contributed by atoms with Gasteiger partial charge in [0.15, 0.2) is 0 Å². The molecule has 0 aliphatic heterocycles. The Morgan fingerprint density at radius 2 is 1.85 bits per heavy atom. The minimum Gasteiger partial charge on any atom is -0.497 e. The van der Waals surface area contributed by atoms with E-state index in [2.05, 4.69) is 4.90 Å². The zero-order chi connectivity index (χ0) is 14.2. The number of rotatable bonds is 9. The summed E-state index contributed by atoms with van der Waals surface area (Å²) in [5, 5.41) is 0. The fourth-order valence-corrected chi connectivity index (χ4v) is 2.56. The summed E-state index contributed by atoms with van der Waals surface area (Å²) in [6, 6.07) is 8.49. The molecule has 0 radical (unpaired) electrons. The van der Waals surface area contributed by atoms with Gasteiger partial charge in [-0.15, -0.1) is 11.6 Å². The van der Waals surface area contributed by atoms with Crippen LogP contribution in [0.1, 0.15) is 25.7 Å². The van der Waals surface area contributed by atoms with Crippen molar-refractivity contribution in [3.63, 3.8) is 0 Å². The van der Waals surface area contributed by atoms with Gasteiger partial charge in [-0.05, 0) is 50.1 Å². The van der Waals surface area contributed by atoms with Crippen LogP contribution >= 0.6 is 11.6 Å². The Balaban J connectivity index is 1.73. The van der Waals surface area contributed by atoms with Crippen LogP contribution in [0, 0.1) is 0 Å². The van der Waals surface area contributed by atoms with E-state index >= 15 is 0 Å². The molecular weight excluding hydrogens is 274 g/mol. The number of benzene rings is 1. The third-order valence-electron chi connectivity index (χ3n) is 3.88. The van der Waals surface area contributed by atoms with Gasteiger partial charge >= 0.3 is 0 Å². The second-order valence-corrected chi connectivity index (χ2v) is 5.57. The first-order valence-corrected chi connectivity index (χ1v) is 7.94. The molecule has 4 heteroatoms. The second-order valence-electron chi connectivity index (χ2n) is 5.19. The van der Waals surface area contributed by atoms with Crippen molar-refractivity contribution in [1.82, 2.24) is 4.90 Å². The van der Waals surface area contributed by atoms with Gasteiger partial charge in [0.2, 0.25) is 0 Å². The molecule has 0 amide bonds. The van der Waals surface area contributed by atoms with Gasteiger partial charge in [0.05, 0.1) is 7.11 Å². The van der Waals surface area contributed by atoms with E-state index in [1.54, 1.807) is 7.11 Å². The molecule has 112 valence electrons. The summed E-state index contributed by atoms with van der Waals surface area (Å²) in [6.45, 7) is 2.79. The smallest absolute Gasteiger partial charge is 0.119 e. The molecule has 20 heavy (non-hydrogen) atoms. The average molecular weight is 298 g/mol. The van der Waals surface area contributed by atoms with Gasteiger partial charge in [0, 0.05) is 18.5 Å². The molecule has 1 saturated carbocycles. The van der Waals surface area contributed by atoms with Crippen molar-refractivity contribution in [2.45, 2.75) is 31.7 Å². The number of nitrogens with zero attached hydrogens (tertiary/aromatic N) is 1. The number of halogens is 1. The van der Waals surface area contributed by atoms with Gasteiger partial charge in [0.25, 0.3) is 0 Å². The summed E-state index contributed by atoms with van der Waals surface area (Å²) in [7, 11) is 1.67. The first kappa shape index (κ1) is 15.5. The molecule has 0 saturated heterocycles. The fraction of sp³-hybridized carbons (Fsp3) is 0.625. The third kappa shape index (κ3) is 4.57. The molecule has 0 aromatic heterocycles. The summed E-state index contributed by atoms with van der Waals surface area (Å²) >= 11 is 5.80. The monoisotopic (exact) mass is 297 g/mol. The van der Waals surface area contributed by atoms with Crippen LogP contribution in [-0.2, 0) is 0 Å². The molecule has 1 aliphatic carbocycles. The lowest BCUT2D eigenvalue weighted by Crippen LogP contribution is -2.43. The lowest BCUT2D eigenvalue weighted by molar-refractivity contribution is 0.107. The van der Waals surface area contributed by atoms with Gasteiger partial charge in [-0.25, -0.2) is 0 Å². The Bertz CT molecular complexity index is 379. The molecule has 2 rings (SSSR count). The van der Waals surface area contributed by atoms with Gasteiger partial charge in [-0.3, -0.25) is 4.90 Å². The van der Waals surface area contributed by atoms with Crippen molar-refractivity contribution in [2.24, 2.45) is 0 Å². The Morgan fingerprint density at radius 1 is 1.15 bits per heavy atom. The third-order valence-corrected chi connectivity index (χ3v) is 4.14. The largest absolute Gasteiger partial charge is 0.497 e. The maximum Gasteiger partial charge on any atom is 0.119 e. The van der Waals surface area contributed by atoms with Gasteiger partial charge in [-0.2, -0.15) is 0 Å². The van der Waals surface area contributed by atoms with E-state index in [1.165, 1.54) is 19.3 Å². The quantitative estimate of drug-likeness (QED) is 0.651. The molecular formula is C16H24ClNO2. The van der Waals surface area contributed by atoms with Crippen molar-refractivity contribution in [3.05, 3.63) is 24.3 Å². The van der Waals surface area contributed by atoms with Gasteiger partial charge < -0.3 is 9.47 Å². The van der Waals surface area contributed by atoms with E-state index in [0.717, 1.165) is 49.5 Å². The SMILES string of the molecule is COc1ccc(OCCN(CCCCl)C2CCC2)cc1. The van der Waals surface area contributed by atoms with Gasteiger partial charge in [0.1, 0.15) is 18.1 Å². The zero-order valence-corrected chi connectivity index (χ0v) is 12.9. The van der Waals surface area contributed by atoms with Crippen LogP contribution in [0.3, 0.4) is 0 Å². The van der Waals surface area contributed by atoms with E-state index < -0.39 is 0 Å². The summed E-state index contributed by atoms with van der Waals surface area (Å²) in [4.78, 5) is 2.52. The molecule has 1 aromatic carbocycles. The average Bonchev–Trinajstić information content (AvgIpc) is 2.43. The maximum absolute atomic E-state index is 5.80. The summed E-state index contributed by atoms with van der Waals surface area (Å²) in [5.41, 5.74) is 0. The molecule has 0 N–H and O–H groups in total. The van der Waals surface area contributed by atoms with Gasteiger partial charge in [-0.1, -0.05) is 6.42 Å². The van der Waals surface area contributed by atoms with E-state index in [1.807, 2.05) is 24.3 Å². The van der Waals surface area contributed by atoms with Crippen molar-refractivity contribution in [3.8, 4) is 11.5 Å².